The molecule has 1 saturated carbocycles. The molecule has 102 valence electrons. The molecule has 1 aliphatic rings. The van der Waals surface area contributed by atoms with Crippen LogP contribution < -0.4 is 5.32 Å². The van der Waals surface area contributed by atoms with E-state index in [-0.39, 0.29) is 0 Å². The van der Waals surface area contributed by atoms with Gasteiger partial charge in [-0.15, -0.1) is 0 Å². The van der Waals surface area contributed by atoms with Crippen LogP contribution in [0.3, 0.4) is 0 Å². The first-order valence-electron chi connectivity index (χ1n) is 7.57. The van der Waals surface area contributed by atoms with Crippen LogP contribution in [0.15, 0.2) is 0 Å². The Balaban J connectivity index is 2.29. The number of rotatable bonds is 8. The monoisotopic (exact) mass is 240 g/mol. The van der Waals surface area contributed by atoms with Crippen molar-refractivity contribution < 1.29 is 0 Å². The first kappa shape index (κ1) is 15.0. The Bertz CT molecular complexity index is 183. The summed E-state index contributed by atoms with van der Waals surface area (Å²) in [6.07, 6.45) is 7.10. The molecule has 1 rings (SSSR count). The molecule has 0 spiro atoms. The van der Waals surface area contributed by atoms with Crippen LogP contribution in [0, 0.1) is 5.92 Å². The quantitative estimate of drug-likeness (QED) is 0.700. The van der Waals surface area contributed by atoms with Crippen LogP contribution in [0.1, 0.15) is 59.8 Å². The molecule has 0 bridgehead atoms. The number of hydrogen-bond donors (Lipinski definition) is 1. The fraction of sp³-hybridized carbons (Fsp3) is 1.00. The smallest absolute Gasteiger partial charge is 0.0110 e. The molecule has 1 aliphatic carbocycles. The first-order valence-corrected chi connectivity index (χ1v) is 7.57. The fourth-order valence-corrected chi connectivity index (χ4v) is 2.67. The second-order valence-corrected chi connectivity index (χ2v) is 6.27. The minimum absolute atomic E-state index is 0.616. The van der Waals surface area contributed by atoms with Crippen molar-refractivity contribution in [1.29, 1.82) is 0 Å². The molecule has 0 aromatic rings. The highest BCUT2D eigenvalue weighted by Gasteiger charge is 2.21. The Morgan fingerprint density at radius 3 is 2.24 bits per heavy atom. The molecule has 0 saturated heterocycles. The molecule has 2 nitrogen and oxygen atoms in total. The summed E-state index contributed by atoms with van der Waals surface area (Å²) in [5, 5.41) is 3.55. The van der Waals surface area contributed by atoms with E-state index in [2.05, 4.69) is 37.9 Å². The van der Waals surface area contributed by atoms with Crippen molar-refractivity contribution in [2.75, 3.05) is 19.6 Å². The van der Waals surface area contributed by atoms with Crippen LogP contribution in [0.25, 0.3) is 0 Å². The highest BCUT2D eigenvalue weighted by molar-refractivity contribution is 4.78. The molecule has 0 unspecified atom stereocenters. The predicted octanol–water partition coefficient (Wildman–Crippen LogP) is 3.28. The van der Waals surface area contributed by atoms with Gasteiger partial charge in [0, 0.05) is 25.2 Å². The lowest BCUT2D eigenvalue weighted by molar-refractivity contribution is 0.187. The standard InChI is InChI=1S/C15H32N2/c1-13(2)9-11-17(12-10-16-14(3)4)15-7-5-6-8-15/h13-16H,5-12H2,1-4H3. The van der Waals surface area contributed by atoms with E-state index in [1.54, 1.807) is 0 Å². The maximum atomic E-state index is 3.55. The van der Waals surface area contributed by atoms with Crippen LogP contribution in [0.4, 0.5) is 0 Å². The van der Waals surface area contributed by atoms with E-state index in [0.29, 0.717) is 6.04 Å². The summed E-state index contributed by atoms with van der Waals surface area (Å²) in [7, 11) is 0. The SMILES string of the molecule is CC(C)CCN(CCNC(C)C)C1CCCC1. The Kier molecular flexibility index (Phi) is 7.14. The van der Waals surface area contributed by atoms with Crippen molar-refractivity contribution in [2.24, 2.45) is 5.92 Å². The first-order chi connectivity index (χ1) is 8.09. The van der Waals surface area contributed by atoms with Crippen LogP contribution in [-0.2, 0) is 0 Å². The van der Waals surface area contributed by atoms with E-state index >= 15 is 0 Å². The van der Waals surface area contributed by atoms with E-state index in [1.807, 2.05) is 0 Å². The molecule has 0 aliphatic heterocycles. The average Bonchev–Trinajstić information content (AvgIpc) is 2.75. The van der Waals surface area contributed by atoms with Crippen LogP contribution in [-0.4, -0.2) is 36.6 Å². The van der Waals surface area contributed by atoms with Gasteiger partial charge in [0.15, 0.2) is 0 Å². The van der Waals surface area contributed by atoms with Gasteiger partial charge in [0.1, 0.15) is 0 Å². The van der Waals surface area contributed by atoms with Crippen molar-refractivity contribution in [2.45, 2.75) is 71.9 Å². The van der Waals surface area contributed by atoms with Crippen LogP contribution >= 0.6 is 0 Å². The van der Waals surface area contributed by atoms with E-state index in [1.165, 1.54) is 45.2 Å². The lowest BCUT2D eigenvalue weighted by Crippen LogP contribution is -2.40. The van der Waals surface area contributed by atoms with Crippen molar-refractivity contribution in [1.82, 2.24) is 10.2 Å². The summed E-state index contributed by atoms with van der Waals surface area (Å²) >= 11 is 0. The molecule has 0 aromatic heterocycles. The molecule has 0 radical (unpaired) electrons. The zero-order valence-corrected chi connectivity index (χ0v) is 12.3. The second-order valence-electron chi connectivity index (χ2n) is 6.27. The molecular weight excluding hydrogens is 208 g/mol. The lowest BCUT2D eigenvalue weighted by atomic mass is 10.1. The summed E-state index contributed by atoms with van der Waals surface area (Å²) in [4.78, 5) is 2.74. The van der Waals surface area contributed by atoms with Crippen LogP contribution in [0.5, 0.6) is 0 Å². The minimum atomic E-state index is 0.616. The zero-order chi connectivity index (χ0) is 12.7. The van der Waals surface area contributed by atoms with Gasteiger partial charge in [0.2, 0.25) is 0 Å². The Labute approximate surface area is 108 Å². The Hall–Kier alpha value is -0.0800. The molecule has 0 aromatic carbocycles. The Morgan fingerprint density at radius 2 is 1.71 bits per heavy atom. The fourth-order valence-electron chi connectivity index (χ4n) is 2.67. The third-order valence-electron chi connectivity index (χ3n) is 3.79. The van der Waals surface area contributed by atoms with Gasteiger partial charge in [0.25, 0.3) is 0 Å². The number of hydrogen-bond acceptors (Lipinski definition) is 2. The van der Waals surface area contributed by atoms with Gasteiger partial charge in [-0.25, -0.2) is 0 Å². The highest BCUT2D eigenvalue weighted by Crippen LogP contribution is 2.23. The normalized spacial score (nSPS) is 17.8. The maximum absolute atomic E-state index is 3.55. The van der Waals surface area contributed by atoms with Gasteiger partial charge < -0.3 is 5.32 Å². The number of nitrogens with zero attached hydrogens (tertiary/aromatic N) is 1. The minimum Gasteiger partial charge on any atom is -0.313 e. The van der Waals surface area contributed by atoms with E-state index < -0.39 is 0 Å². The maximum Gasteiger partial charge on any atom is 0.0110 e. The summed E-state index contributed by atoms with van der Waals surface area (Å²) in [6, 6.07) is 1.49. The van der Waals surface area contributed by atoms with Gasteiger partial charge in [0.05, 0.1) is 0 Å². The lowest BCUT2D eigenvalue weighted by Gasteiger charge is -2.30. The van der Waals surface area contributed by atoms with Gasteiger partial charge >= 0.3 is 0 Å². The zero-order valence-electron chi connectivity index (χ0n) is 12.3. The van der Waals surface area contributed by atoms with E-state index in [4.69, 9.17) is 0 Å². The highest BCUT2D eigenvalue weighted by atomic mass is 15.2. The molecule has 0 atom stereocenters. The summed E-state index contributed by atoms with van der Waals surface area (Å²) in [5.74, 6) is 0.831. The molecular formula is C15H32N2. The third kappa shape index (κ3) is 6.42. The topological polar surface area (TPSA) is 15.3 Å². The Morgan fingerprint density at radius 1 is 1.06 bits per heavy atom. The van der Waals surface area contributed by atoms with Crippen molar-refractivity contribution in [3.63, 3.8) is 0 Å². The molecule has 2 heteroatoms. The number of nitrogens with one attached hydrogen (secondary N) is 1. The molecule has 1 fully saturated rings. The largest absolute Gasteiger partial charge is 0.313 e. The van der Waals surface area contributed by atoms with Crippen molar-refractivity contribution >= 4 is 0 Å². The predicted molar refractivity (Wildman–Crippen MR) is 76.4 cm³/mol. The van der Waals surface area contributed by atoms with Gasteiger partial charge in [-0.05, 0) is 31.7 Å². The average molecular weight is 240 g/mol. The molecule has 0 heterocycles. The summed E-state index contributed by atoms with van der Waals surface area (Å²) in [6.45, 7) is 12.8. The van der Waals surface area contributed by atoms with Crippen LogP contribution in [0.2, 0.25) is 0 Å². The van der Waals surface area contributed by atoms with Crippen molar-refractivity contribution in [3.05, 3.63) is 0 Å². The van der Waals surface area contributed by atoms with E-state index in [9.17, 15) is 0 Å². The van der Waals surface area contributed by atoms with Gasteiger partial charge in [-0.2, -0.15) is 0 Å². The second kappa shape index (κ2) is 8.10. The molecule has 17 heavy (non-hydrogen) atoms. The molecule has 1 N–H and O–H groups in total. The van der Waals surface area contributed by atoms with Gasteiger partial charge in [-0.3, -0.25) is 4.90 Å². The summed E-state index contributed by atoms with van der Waals surface area (Å²) < 4.78 is 0. The molecule has 0 amide bonds. The van der Waals surface area contributed by atoms with Gasteiger partial charge in [-0.1, -0.05) is 40.5 Å². The van der Waals surface area contributed by atoms with E-state index in [0.717, 1.165) is 18.5 Å². The van der Waals surface area contributed by atoms with Crippen molar-refractivity contribution in [3.8, 4) is 0 Å². The summed E-state index contributed by atoms with van der Waals surface area (Å²) in [5.41, 5.74) is 0. The third-order valence-corrected chi connectivity index (χ3v) is 3.79.